The van der Waals surface area contributed by atoms with Crippen molar-refractivity contribution in [2.45, 2.75) is 0 Å². The van der Waals surface area contributed by atoms with E-state index in [4.69, 9.17) is 15.6 Å². The van der Waals surface area contributed by atoms with E-state index >= 15 is 0 Å². The molecule has 0 aliphatic heterocycles. The summed E-state index contributed by atoms with van der Waals surface area (Å²) >= 11 is 3.35. The van der Waals surface area contributed by atoms with Crippen LogP contribution in [0.1, 0.15) is 20.7 Å². The molecule has 26 heavy (non-hydrogen) atoms. The SMILES string of the molecule is COC(=O)c1c(N)c2ccc(Br)cc2n(-c2ccc(C(=O)O)cc2)c1=O. The van der Waals surface area contributed by atoms with Gasteiger partial charge in [0.1, 0.15) is 5.56 Å². The maximum Gasteiger partial charge on any atom is 0.345 e. The van der Waals surface area contributed by atoms with Crippen LogP contribution in [0.15, 0.2) is 51.7 Å². The first kappa shape index (κ1) is 17.7. The Labute approximate surface area is 155 Å². The Morgan fingerprint density at radius 3 is 2.38 bits per heavy atom. The zero-order valence-corrected chi connectivity index (χ0v) is 15.1. The number of aromatic nitrogens is 1. The molecule has 0 saturated carbocycles. The lowest BCUT2D eigenvalue weighted by Gasteiger charge is -2.15. The Hall–Kier alpha value is -3.13. The van der Waals surface area contributed by atoms with Crippen molar-refractivity contribution in [1.29, 1.82) is 0 Å². The number of pyridine rings is 1. The summed E-state index contributed by atoms with van der Waals surface area (Å²) in [5.41, 5.74) is 6.10. The van der Waals surface area contributed by atoms with Gasteiger partial charge in [-0.1, -0.05) is 15.9 Å². The van der Waals surface area contributed by atoms with Crippen LogP contribution in [0.3, 0.4) is 0 Å². The van der Waals surface area contributed by atoms with Gasteiger partial charge in [-0.3, -0.25) is 9.36 Å². The first-order valence-corrected chi connectivity index (χ1v) is 8.20. The number of hydrogen-bond acceptors (Lipinski definition) is 5. The molecule has 0 aliphatic carbocycles. The summed E-state index contributed by atoms with van der Waals surface area (Å²) < 4.78 is 6.71. The van der Waals surface area contributed by atoms with Gasteiger partial charge in [0.15, 0.2) is 0 Å². The highest BCUT2D eigenvalue weighted by molar-refractivity contribution is 9.10. The molecular formula is C18H13BrN2O5. The van der Waals surface area contributed by atoms with Crippen molar-refractivity contribution in [3.05, 3.63) is 68.4 Å². The number of esters is 1. The molecular weight excluding hydrogens is 404 g/mol. The Morgan fingerprint density at radius 2 is 1.81 bits per heavy atom. The summed E-state index contributed by atoms with van der Waals surface area (Å²) in [7, 11) is 1.17. The summed E-state index contributed by atoms with van der Waals surface area (Å²) in [6.45, 7) is 0. The molecule has 0 amide bonds. The fraction of sp³-hybridized carbons (Fsp3) is 0.0556. The standard InChI is InChI=1S/C18H13BrN2O5/c1-26-18(25)14-15(20)12-7-4-10(19)8-13(12)21(16(14)22)11-5-2-9(3-6-11)17(23)24/h2-8H,20H2,1H3,(H,23,24). The number of ether oxygens (including phenoxy) is 1. The maximum atomic E-state index is 13.0. The lowest BCUT2D eigenvalue weighted by Crippen LogP contribution is -2.28. The van der Waals surface area contributed by atoms with Crippen LogP contribution in [-0.2, 0) is 4.74 Å². The van der Waals surface area contributed by atoms with Gasteiger partial charge in [0.25, 0.3) is 5.56 Å². The van der Waals surface area contributed by atoms with E-state index in [1.165, 1.54) is 35.9 Å². The Kier molecular flexibility index (Phi) is 4.52. The largest absolute Gasteiger partial charge is 0.478 e. The van der Waals surface area contributed by atoms with E-state index in [9.17, 15) is 14.4 Å². The predicted molar refractivity (Wildman–Crippen MR) is 100.0 cm³/mol. The Bertz CT molecular complexity index is 1100. The first-order valence-electron chi connectivity index (χ1n) is 7.41. The van der Waals surface area contributed by atoms with E-state index in [1.807, 2.05) is 0 Å². The predicted octanol–water partition coefficient (Wildman–Crippen LogP) is 2.82. The molecule has 0 atom stereocenters. The molecule has 0 radical (unpaired) electrons. The summed E-state index contributed by atoms with van der Waals surface area (Å²) in [4.78, 5) is 36.1. The smallest absolute Gasteiger partial charge is 0.345 e. The average molecular weight is 417 g/mol. The summed E-state index contributed by atoms with van der Waals surface area (Å²) in [6.07, 6.45) is 0. The van der Waals surface area contributed by atoms with Crippen LogP contribution in [0, 0.1) is 0 Å². The number of methoxy groups -OCH3 is 1. The summed E-state index contributed by atoms with van der Waals surface area (Å²) in [5, 5.41) is 9.54. The van der Waals surface area contributed by atoms with Crippen LogP contribution in [0.25, 0.3) is 16.6 Å². The minimum Gasteiger partial charge on any atom is -0.478 e. The molecule has 1 heterocycles. The number of anilines is 1. The van der Waals surface area contributed by atoms with E-state index in [-0.39, 0.29) is 16.8 Å². The van der Waals surface area contributed by atoms with Gasteiger partial charge in [0, 0.05) is 15.5 Å². The second-order valence-electron chi connectivity index (χ2n) is 5.43. The van der Waals surface area contributed by atoms with E-state index in [2.05, 4.69) is 15.9 Å². The van der Waals surface area contributed by atoms with Crippen molar-refractivity contribution in [3.8, 4) is 5.69 Å². The van der Waals surface area contributed by atoms with Crippen molar-refractivity contribution >= 4 is 44.5 Å². The molecule has 0 saturated heterocycles. The van der Waals surface area contributed by atoms with E-state index < -0.39 is 17.5 Å². The van der Waals surface area contributed by atoms with E-state index in [1.54, 1.807) is 18.2 Å². The lowest BCUT2D eigenvalue weighted by atomic mass is 10.1. The van der Waals surface area contributed by atoms with Crippen LogP contribution < -0.4 is 11.3 Å². The summed E-state index contributed by atoms with van der Waals surface area (Å²) in [5.74, 6) is -1.92. The number of carbonyl (C=O) groups excluding carboxylic acids is 1. The van der Waals surface area contributed by atoms with Crippen molar-refractivity contribution in [2.75, 3.05) is 12.8 Å². The van der Waals surface area contributed by atoms with Crippen LogP contribution in [0.4, 0.5) is 5.69 Å². The second kappa shape index (κ2) is 6.64. The van der Waals surface area contributed by atoms with E-state index in [0.29, 0.717) is 21.1 Å². The number of carboxylic acids is 1. The normalized spacial score (nSPS) is 10.7. The number of nitrogens with two attached hydrogens (primary N) is 1. The molecule has 8 heteroatoms. The summed E-state index contributed by atoms with van der Waals surface area (Å²) in [6, 6.07) is 10.8. The van der Waals surface area contributed by atoms with E-state index in [0.717, 1.165) is 0 Å². The minimum absolute atomic E-state index is 0.0303. The highest BCUT2D eigenvalue weighted by Crippen LogP contribution is 2.28. The molecule has 2 aromatic carbocycles. The average Bonchev–Trinajstić information content (AvgIpc) is 2.61. The molecule has 3 N–H and O–H groups in total. The van der Waals surface area contributed by atoms with Gasteiger partial charge < -0.3 is 15.6 Å². The monoisotopic (exact) mass is 416 g/mol. The number of rotatable bonds is 3. The van der Waals surface area contributed by atoms with Crippen molar-refractivity contribution in [3.63, 3.8) is 0 Å². The van der Waals surface area contributed by atoms with Gasteiger partial charge in [0.05, 0.1) is 23.9 Å². The number of halogens is 1. The molecule has 0 unspecified atom stereocenters. The van der Waals surface area contributed by atoms with Crippen LogP contribution in [-0.4, -0.2) is 28.7 Å². The van der Waals surface area contributed by atoms with Gasteiger partial charge in [0.2, 0.25) is 0 Å². The van der Waals surface area contributed by atoms with Crippen molar-refractivity contribution in [1.82, 2.24) is 4.57 Å². The van der Waals surface area contributed by atoms with Crippen molar-refractivity contribution in [2.24, 2.45) is 0 Å². The quantitative estimate of drug-likeness (QED) is 0.634. The number of carbonyl (C=O) groups is 2. The molecule has 132 valence electrons. The zero-order valence-electron chi connectivity index (χ0n) is 13.5. The third-order valence-corrected chi connectivity index (χ3v) is 4.43. The molecule has 3 aromatic rings. The maximum absolute atomic E-state index is 13.0. The fourth-order valence-electron chi connectivity index (χ4n) is 2.70. The number of carboxylic acid groups (broad SMARTS) is 1. The van der Waals surface area contributed by atoms with Crippen molar-refractivity contribution < 1.29 is 19.4 Å². The third-order valence-electron chi connectivity index (χ3n) is 3.94. The highest BCUT2D eigenvalue weighted by atomic mass is 79.9. The Morgan fingerprint density at radius 1 is 1.15 bits per heavy atom. The molecule has 3 rings (SSSR count). The number of fused-ring (bicyclic) bond motifs is 1. The van der Waals surface area contributed by atoms with Gasteiger partial charge in [-0.05, 0) is 42.5 Å². The molecule has 0 fully saturated rings. The number of benzene rings is 2. The Balaban J connectivity index is 2.42. The molecule has 0 spiro atoms. The molecule has 0 aliphatic rings. The molecule has 0 bridgehead atoms. The third kappa shape index (κ3) is 2.84. The first-order chi connectivity index (χ1) is 12.3. The van der Waals surface area contributed by atoms with Crippen LogP contribution in [0.2, 0.25) is 0 Å². The van der Waals surface area contributed by atoms with Gasteiger partial charge in [-0.2, -0.15) is 0 Å². The fourth-order valence-corrected chi connectivity index (χ4v) is 3.05. The number of nitrogen functional groups attached to an aromatic ring is 1. The zero-order chi connectivity index (χ0) is 19.0. The molecule has 7 nitrogen and oxygen atoms in total. The van der Waals surface area contributed by atoms with Gasteiger partial charge in [-0.15, -0.1) is 0 Å². The number of aromatic carboxylic acids is 1. The minimum atomic E-state index is -1.08. The lowest BCUT2D eigenvalue weighted by molar-refractivity contribution is 0.0599. The topological polar surface area (TPSA) is 112 Å². The van der Waals surface area contributed by atoms with Crippen LogP contribution >= 0.6 is 15.9 Å². The van der Waals surface area contributed by atoms with Gasteiger partial charge in [-0.25, -0.2) is 9.59 Å². The number of nitrogens with zero attached hydrogens (tertiary/aromatic N) is 1. The number of hydrogen-bond donors (Lipinski definition) is 2. The highest BCUT2D eigenvalue weighted by Gasteiger charge is 2.22. The van der Waals surface area contributed by atoms with Gasteiger partial charge >= 0.3 is 11.9 Å². The molecule has 1 aromatic heterocycles. The second-order valence-corrected chi connectivity index (χ2v) is 6.35. The van der Waals surface area contributed by atoms with Crippen LogP contribution in [0.5, 0.6) is 0 Å².